The van der Waals surface area contributed by atoms with Crippen LogP contribution in [0.3, 0.4) is 0 Å². The van der Waals surface area contributed by atoms with Crippen molar-refractivity contribution in [2.24, 2.45) is 0 Å². The fourth-order valence-electron chi connectivity index (χ4n) is 1.91. The number of hydrogen-bond acceptors (Lipinski definition) is 4. The molecular formula is C14H24N2O3S. The summed E-state index contributed by atoms with van der Waals surface area (Å²) in [7, 11) is -1.71. The summed E-state index contributed by atoms with van der Waals surface area (Å²) in [6.45, 7) is 4.58. The minimum absolute atomic E-state index is 0.0832. The van der Waals surface area contributed by atoms with Crippen molar-refractivity contribution >= 4 is 15.7 Å². The molecule has 0 saturated carbocycles. The molecule has 1 rings (SSSR count). The maximum Gasteiger partial charge on any atom is 0.214 e. The van der Waals surface area contributed by atoms with Crippen molar-refractivity contribution in [1.29, 1.82) is 0 Å². The lowest BCUT2D eigenvalue weighted by Gasteiger charge is -2.26. The Morgan fingerprint density at radius 1 is 1.25 bits per heavy atom. The third-order valence-electron chi connectivity index (χ3n) is 3.00. The molecule has 0 saturated heterocycles. The van der Waals surface area contributed by atoms with E-state index in [9.17, 15) is 8.42 Å². The van der Waals surface area contributed by atoms with Crippen LogP contribution in [0.4, 0.5) is 5.69 Å². The van der Waals surface area contributed by atoms with E-state index in [1.54, 1.807) is 19.2 Å². The fourth-order valence-corrected chi connectivity index (χ4v) is 3.61. The van der Waals surface area contributed by atoms with Crippen molar-refractivity contribution in [2.45, 2.75) is 32.9 Å². The molecule has 5 nitrogen and oxygen atoms in total. The van der Waals surface area contributed by atoms with E-state index in [1.165, 1.54) is 4.31 Å². The Balaban J connectivity index is 2.80. The lowest BCUT2D eigenvalue weighted by molar-refractivity contribution is 0.199. The number of nitrogens with zero attached hydrogens (tertiary/aromatic N) is 1. The molecule has 0 fully saturated rings. The van der Waals surface area contributed by atoms with Gasteiger partial charge in [0.2, 0.25) is 10.0 Å². The van der Waals surface area contributed by atoms with E-state index in [1.807, 2.05) is 26.0 Å². The number of ether oxygens (including phenoxy) is 1. The van der Waals surface area contributed by atoms with Crippen LogP contribution in [0.25, 0.3) is 0 Å². The zero-order valence-electron chi connectivity index (χ0n) is 12.4. The van der Waals surface area contributed by atoms with Gasteiger partial charge in [0.25, 0.3) is 0 Å². The van der Waals surface area contributed by atoms with Gasteiger partial charge in [-0.05, 0) is 38.0 Å². The van der Waals surface area contributed by atoms with Crippen molar-refractivity contribution in [3.05, 3.63) is 29.8 Å². The van der Waals surface area contributed by atoms with Crippen LogP contribution >= 0.6 is 0 Å². The summed E-state index contributed by atoms with van der Waals surface area (Å²) in [5.74, 6) is 0.105. The van der Waals surface area contributed by atoms with Crippen LogP contribution in [-0.4, -0.2) is 38.2 Å². The summed E-state index contributed by atoms with van der Waals surface area (Å²) in [6, 6.07) is 7.20. The fraction of sp³-hybridized carbons (Fsp3) is 0.571. The first-order chi connectivity index (χ1) is 9.36. The molecule has 0 aliphatic carbocycles. The molecule has 0 unspecified atom stereocenters. The van der Waals surface area contributed by atoms with Crippen LogP contribution in [-0.2, 0) is 21.3 Å². The Morgan fingerprint density at radius 2 is 1.85 bits per heavy atom. The van der Waals surface area contributed by atoms with E-state index in [0.717, 1.165) is 5.56 Å². The molecule has 0 aliphatic rings. The molecule has 0 amide bonds. The number of rotatable bonds is 8. The van der Waals surface area contributed by atoms with E-state index in [0.29, 0.717) is 25.3 Å². The van der Waals surface area contributed by atoms with E-state index >= 15 is 0 Å². The highest BCUT2D eigenvalue weighted by Crippen LogP contribution is 2.15. The summed E-state index contributed by atoms with van der Waals surface area (Å²) in [4.78, 5) is 0. The SMILES string of the molecule is COCCCS(=O)(=O)N(Cc1ccc(N)cc1)C(C)C. The van der Waals surface area contributed by atoms with Crippen molar-refractivity contribution in [1.82, 2.24) is 4.31 Å². The summed E-state index contributed by atoms with van der Waals surface area (Å²) in [5.41, 5.74) is 7.25. The van der Waals surface area contributed by atoms with Gasteiger partial charge in [0.15, 0.2) is 0 Å². The maximum atomic E-state index is 12.4. The standard InChI is InChI=1S/C14H24N2O3S/c1-12(2)16(20(17,18)10-4-9-19-3)11-13-5-7-14(15)8-6-13/h5-8,12H,4,9-11,15H2,1-3H3. The minimum atomic E-state index is -3.28. The Morgan fingerprint density at radius 3 is 2.35 bits per heavy atom. The quantitative estimate of drug-likeness (QED) is 0.587. The Labute approximate surface area is 121 Å². The predicted molar refractivity (Wildman–Crippen MR) is 81.8 cm³/mol. The molecule has 0 atom stereocenters. The van der Waals surface area contributed by atoms with Gasteiger partial charge in [0.1, 0.15) is 0 Å². The summed E-state index contributed by atoms with van der Waals surface area (Å²) >= 11 is 0. The number of nitrogens with two attached hydrogens (primary N) is 1. The van der Waals surface area contributed by atoms with Crippen LogP contribution in [0.1, 0.15) is 25.8 Å². The van der Waals surface area contributed by atoms with Crippen molar-refractivity contribution < 1.29 is 13.2 Å². The smallest absolute Gasteiger partial charge is 0.214 e. The molecule has 1 aromatic carbocycles. The molecule has 0 aliphatic heterocycles. The first-order valence-corrected chi connectivity index (χ1v) is 8.30. The predicted octanol–water partition coefficient (Wildman–Crippen LogP) is 1.85. The Hall–Kier alpha value is -1.11. The lowest BCUT2D eigenvalue weighted by atomic mass is 10.2. The summed E-state index contributed by atoms with van der Waals surface area (Å²) < 4.78 is 31.2. The number of methoxy groups -OCH3 is 1. The molecular weight excluding hydrogens is 276 g/mol. The zero-order valence-corrected chi connectivity index (χ0v) is 13.2. The van der Waals surface area contributed by atoms with Gasteiger partial charge in [-0.2, -0.15) is 4.31 Å². The molecule has 0 spiro atoms. The number of benzene rings is 1. The van der Waals surface area contributed by atoms with E-state index < -0.39 is 10.0 Å². The lowest BCUT2D eigenvalue weighted by Crippen LogP contribution is -2.38. The van der Waals surface area contributed by atoms with E-state index in [4.69, 9.17) is 10.5 Å². The maximum absolute atomic E-state index is 12.4. The van der Waals surface area contributed by atoms with Crippen molar-refractivity contribution in [3.8, 4) is 0 Å². The Bertz CT molecular complexity index is 498. The van der Waals surface area contributed by atoms with E-state index in [-0.39, 0.29) is 11.8 Å². The highest BCUT2D eigenvalue weighted by Gasteiger charge is 2.24. The van der Waals surface area contributed by atoms with Crippen LogP contribution in [0.15, 0.2) is 24.3 Å². The van der Waals surface area contributed by atoms with Gasteiger partial charge in [0.05, 0.1) is 5.75 Å². The third-order valence-corrected chi connectivity index (χ3v) is 5.07. The van der Waals surface area contributed by atoms with Gasteiger partial charge in [-0.15, -0.1) is 0 Å². The molecule has 0 bridgehead atoms. The van der Waals surface area contributed by atoms with Crippen LogP contribution in [0, 0.1) is 0 Å². The molecule has 114 valence electrons. The van der Waals surface area contributed by atoms with Crippen molar-refractivity contribution in [3.63, 3.8) is 0 Å². The van der Waals surface area contributed by atoms with E-state index in [2.05, 4.69) is 0 Å². The van der Waals surface area contributed by atoms with Gasteiger partial charge < -0.3 is 10.5 Å². The average molecular weight is 300 g/mol. The van der Waals surface area contributed by atoms with Gasteiger partial charge in [-0.25, -0.2) is 8.42 Å². The Kier molecular flexibility index (Phi) is 6.45. The van der Waals surface area contributed by atoms with Crippen LogP contribution in [0.5, 0.6) is 0 Å². The van der Waals surface area contributed by atoms with Gasteiger partial charge >= 0.3 is 0 Å². The topological polar surface area (TPSA) is 72.6 Å². The number of hydrogen-bond donors (Lipinski definition) is 1. The zero-order chi connectivity index (χ0) is 15.2. The third kappa shape index (κ3) is 5.11. The molecule has 0 radical (unpaired) electrons. The number of anilines is 1. The largest absolute Gasteiger partial charge is 0.399 e. The van der Waals surface area contributed by atoms with Crippen LogP contribution < -0.4 is 5.73 Å². The second kappa shape index (κ2) is 7.61. The van der Waals surface area contributed by atoms with Gasteiger partial charge in [-0.3, -0.25) is 0 Å². The monoisotopic (exact) mass is 300 g/mol. The minimum Gasteiger partial charge on any atom is -0.399 e. The van der Waals surface area contributed by atoms with Gasteiger partial charge in [0, 0.05) is 32.0 Å². The van der Waals surface area contributed by atoms with Crippen LogP contribution in [0.2, 0.25) is 0 Å². The first-order valence-electron chi connectivity index (χ1n) is 6.69. The second-order valence-electron chi connectivity index (χ2n) is 5.04. The number of sulfonamides is 1. The first kappa shape index (κ1) is 16.9. The van der Waals surface area contributed by atoms with Crippen molar-refractivity contribution in [2.75, 3.05) is 25.2 Å². The molecule has 6 heteroatoms. The normalized spacial score (nSPS) is 12.2. The molecule has 2 N–H and O–H groups in total. The molecule has 0 heterocycles. The highest BCUT2D eigenvalue weighted by atomic mass is 32.2. The average Bonchev–Trinajstić information content (AvgIpc) is 2.37. The summed E-state index contributed by atoms with van der Waals surface area (Å²) in [5, 5.41) is 0. The molecule has 20 heavy (non-hydrogen) atoms. The molecule has 1 aromatic rings. The summed E-state index contributed by atoms with van der Waals surface area (Å²) in [6.07, 6.45) is 0.504. The highest BCUT2D eigenvalue weighted by molar-refractivity contribution is 7.89. The second-order valence-corrected chi connectivity index (χ2v) is 7.08. The number of nitrogen functional groups attached to an aromatic ring is 1. The van der Waals surface area contributed by atoms with Gasteiger partial charge in [-0.1, -0.05) is 12.1 Å². The molecule has 0 aromatic heterocycles.